The van der Waals surface area contributed by atoms with Crippen LogP contribution >= 0.6 is 0 Å². The standard InChI is InChI=1S/C23H35N3O5/c1-10-30-20(27)18-15(11-12-22(3,4)5)25-26-14(2)19(29-9)16(13-17(18)26)24-21(28)31-23(6,7)8/h13H,10-12H2,1-9H3,(H,24,28). The molecule has 1 amide bonds. The van der Waals surface area contributed by atoms with Gasteiger partial charge in [-0.3, -0.25) is 5.32 Å². The molecule has 0 unspecified atom stereocenters. The first-order valence-corrected chi connectivity index (χ1v) is 10.5. The molecule has 2 rings (SSSR count). The van der Waals surface area contributed by atoms with Gasteiger partial charge in [0.2, 0.25) is 0 Å². The molecule has 31 heavy (non-hydrogen) atoms. The number of nitrogens with one attached hydrogen (secondary N) is 1. The minimum Gasteiger partial charge on any atom is -0.493 e. The second kappa shape index (κ2) is 9.16. The number of carbonyl (C=O) groups excluding carboxylic acids is 2. The fourth-order valence-electron chi connectivity index (χ4n) is 3.22. The predicted octanol–water partition coefficient (Wildman–Crippen LogP) is 5.15. The van der Waals surface area contributed by atoms with Gasteiger partial charge in [-0.25, -0.2) is 14.1 Å². The number of esters is 1. The molecule has 0 saturated heterocycles. The number of carbonyl (C=O) groups is 2. The van der Waals surface area contributed by atoms with Crippen LogP contribution in [0.1, 0.15) is 76.6 Å². The third-order valence-corrected chi connectivity index (χ3v) is 4.60. The van der Waals surface area contributed by atoms with Crippen LogP contribution in [0.4, 0.5) is 10.5 Å². The average Bonchev–Trinajstić information content (AvgIpc) is 2.97. The van der Waals surface area contributed by atoms with Crippen molar-refractivity contribution in [3.8, 4) is 5.75 Å². The number of hydrogen-bond donors (Lipinski definition) is 1. The van der Waals surface area contributed by atoms with Gasteiger partial charge in [-0.2, -0.15) is 5.10 Å². The zero-order valence-corrected chi connectivity index (χ0v) is 20.1. The second-order valence-corrected chi connectivity index (χ2v) is 9.70. The molecule has 0 fully saturated rings. The van der Waals surface area contributed by atoms with Crippen molar-refractivity contribution in [2.45, 2.75) is 73.8 Å². The molecule has 2 aromatic heterocycles. The highest BCUT2D eigenvalue weighted by molar-refractivity contribution is 6.00. The van der Waals surface area contributed by atoms with E-state index < -0.39 is 17.7 Å². The first-order chi connectivity index (χ1) is 14.3. The summed E-state index contributed by atoms with van der Waals surface area (Å²) in [4.78, 5) is 25.2. The Morgan fingerprint density at radius 1 is 1.16 bits per heavy atom. The number of pyridine rings is 1. The number of rotatable bonds is 6. The molecule has 8 heteroatoms. The summed E-state index contributed by atoms with van der Waals surface area (Å²) >= 11 is 0. The van der Waals surface area contributed by atoms with Crippen LogP contribution in [0, 0.1) is 12.3 Å². The number of fused-ring (bicyclic) bond motifs is 1. The highest BCUT2D eigenvalue weighted by Gasteiger charge is 2.26. The van der Waals surface area contributed by atoms with Crippen LogP contribution in [0.15, 0.2) is 6.07 Å². The molecule has 0 saturated carbocycles. The third kappa shape index (κ3) is 6.12. The molecule has 0 bridgehead atoms. The summed E-state index contributed by atoms with van der Waals surface area (Å²) in [5.74, 6) is 0.00725. The highest BCUT2D eigenvalue weighted by atomic mass is 16.6. The van der Waals surface area contributed by atoms with Crippen molar-refractivity contribution in [2.75, 3.05) is 19.0 Å². The molecule has 172 valence electrons. The molecule has 0 radical (unpaired) electrons. The van der Waals surface area contributed by atoms with E-state index in [1.54, 1.807) is 38.3 Å². The van der Waals surface area contributed by atoms with Gasteiger partial charge in [0, 0.05) is 0 Å². The molecule has 0 atom stereocenters. The fourth-order valence-corrected chi connectivity index (χ4v) is 3.22. The van der Waals surface area contributed by atoms with E-state index in [1.165, 1.54) is 7.11 Å². The maximum atomic E-state index is 12.8. The molecule has 2 aromatic rings. The summed E-state index contributed by atoms with van der Waals surface area (Å²) in [6.07, 6.45) is 0.859. The predicted molar refractivity (Wildman–Crippen MR) is 120 cm³/mol. The van der Waals surface area contributed by atoms with Gasteiger partial charge < -0.3 is 14.2 Å². The van der Waals surface area contributed by atoms with Crippen LogP contribution < -0.4 is 10.1 Å². The Hall–Kier alpha value is -2.77. The lowest BCUT2D eigenvalue weighted by Gasteiger charge is -2.21. The molecule has 1 N–H and O–H groups in total. The first kappa shape index (κ1) is 24.5. The SMILES string of the molecule is CCOC(=O)c1c(CCC(C)(C)C)nn2c(C)c(OC)c(NC(=O)OC(C)(C)C)cc12. The lowest BCUT2D eigenvalue weighted by molar-refractivity contribution is 0.0526. The molecule has 0 aromatic carbocycles. The minimum absolute atomic E-state index is 0.0812. The monoisotopic (exact) mass is 433 g/mol. The minimum atomic E-state index is -0.650. The summed E-state index contributed by atoms with van der Waals surface area (Å²) < 4.78 is 17.9. The average molecular weight is 434 g/mol. The Labute approximate surface area is 184 Å². The van der Waals surface area contributed by atoms with E-state index in [0.717, 1.165) is 6.42 Å². The molecule has 8 nitrogen and oxygen atoms in total. The fraction of sp³-hybridized carbons (Fsp3) is 0.609. The molecule has 0 aliphatic carbocycles. The van der Waals surface area contributed by atoms with Gasteiger partial charge in [0.1, 0.15) is 11.2 Å². The van der Waals surface area contributed by atoms with E-state index in [0.29, 0.717) is 40.3 Å². The molecule has 2 heterocycles. The van der Waals surface area contributed by atoms with Crippen LogP contribution in [0.2, 0.25) is 0 Å². The van der Waals surface area contributed by atoms with E-state index in [-0.39, 0.29) is 12.0 Å². The summed E-state index contributed by atoms with van der Waals surface area (Å²) in [7, 11) is 1.52. The van der Waals surface area contributed by atoms with Crippen LogP contribution in [0.3, 0.4) is 0 Å². The topological polar surface area (TPSA) is 91.2 Å². The van der Waals surface area contributed by atoms with Gasteiger partial charge in [-0.05, 0) is 58.9 Å². The maximum absolute atomic E-state index is 12.8. The summed E-state index contributed by atoms with van der Waals surface area (Å²) in [6, 6.07) is 1.68. The number of hydrogen-bond acceptors (Lipinski definition) is 6. The number of aryl methyl sites for hydroxylation is 2. The largest absolute Gasteiger partial charge is 0.493 e. The van der Waals surface area contributed by atoms with Crippen molar-refractivity contribution in [2.24, 2.45) is 5.41 Å². The lowest BCUT2D eigenvalue weighted by atomic mass is 9.89. The number of ether oxygens (including phenoxy) is 3. The van der Waals surface area contributed by atoms with E-state index in [4.69, 9.17) is 19.3 Å². The Morgan fingerprint density at radius 3 is 2.32 bits per heavy atom. The summed E-state index contributed by atoms with van der Waals surface area (Å²) in [5, 5.41) is 7.43. The van der Waals surface area contributed by atoms with E-state index in [2.05, 4.69) is 26.1 Å². The normalized spacial score (nSPS) is 12.0. The van der Waals surface area contributed by atoms with Crippen LogP contribution in [-0.2, 0) is 15.9 Å². The molecule has 0 aliphatic rings. The van der Waals surface area contributed by atoms with Crippen molar-refractivity contribution in [3.05, 3.63) is 23.0 Å². The van der Waals surface area contributed by atoms with Gasteiger partial charge in [0.25, 0.3) is 0 Å². The van der Waals surface area contributed by atoms with Gasteiger partial charge in [0.15, 0.2) is 5.75 Å². The van der Waals surface area contributed by atoms with Crippen molar-refractivity contribution in [3.63, 3.8) is 0 Å². The van der Waals surface area contributed by atoms with Crippen LogP contribution in [0.25, 0.3) is 5.52 Å². The molecule has 0 aliphatic heterocycles. The first-order valence-electron chi connectivity index (χ1n) is 10.5. The summed E-state index contributed by atoms with van der Waals surface area (Å²) in [6.45, 7) is 15.6. The second-order valence-electron chi connectivity index (χ2n) is 9.70. The maximum Gasteiger partial charge on any atom is 0.412 e. The number of methoxy groups -OCH3 is 1. The smallest absolute Gasteiger partial charge is 0.412 e. The van der Waals surface area contributed by atoms with E-state index >= 15 is 0 Å². The van der Waals surface area contributed by atoms with Crippen molar-refractivity contribution in [1.29, 1.82) is 0 Å². The zero-order valence-electron chi connectivity index (χ0n) is 20.1. The van der Waals surface area contributed by atoms with Crippen LogP contribution in [0.5, 0.6) is 5.75 Å². The number of anilines is 1. The highest BCUT2D eigenvalue weighted by Crippen LogP contribution is 2.34. The Morgan fingerprint density at radius 2 is 1.81 bits per heavy atom. The van der Waals surface area contributed by atoms with Crippen molar-refractivity contribution < 1.29 is 23.8 Å². The van der Waals surface area contributed by atoms with Crippen molar-refractivity contribution in [1.82, 2.24) is 9.61 Å². The summed E-state index contributed by atoms with van der Waals surface area (Å²) in [5.41, 5.74) is 2.10. The quantitative estimate of drug-likeness (QED) is 0.633. The third-order valence-electron chi connectivity index (χ3n) is 4.60. The van der Waals surface area contributed by atoms with Gasteiger partial charge >= 0.3 is 12.1 Å². The van der Waals surface area contributed by atoms with Crippen molar-refractivity contribution >= 4 is 23.3 Å². The Kier molecular flexibility index (Phi) is 7.24. The Balaban J connectivity index is 2.63. The number of aromatic nitrogens is 2. The molecular weight excluding hydrogens is 398 g/mol. The lowest BCUT2D eigenvalue weighted by Crippen LogP contribution is -2.27. The Bertz CT molecular complexity index is 964. The molecule has 0 spiro atoms. The van der Waals surface area contributed by atoms with Gasteiger partial charge in [-0.1, -0.05) is 20.8 Å². The van der Waals surface area contributed by atoms with E-state index in [1.807, 2.05) is 6.92 Å². The van der Waals surface area contributed by atoms with Gasteiger partial charge in [-0.15, -0.1) is 0 Å². The number of nitrogens with zero attached hydrogens (tertiary/aromatic N) is 2. The van der Waals surface area contributed by atoms with Crippen LogP contribution in [-0.4, -0.2) is 41.0 Å². The molecular formula is C23H35N3O5. The zero-order chi connectivity index (χ0) is 23.6. The van der Waals surface area contributed by atoms with E-state index in [9.17, 15) is 9.59 Å². The number of amides is 1. The van der Waals surface area contributed by atoms with Gasteiger partial charge in [0.05, 0.1) is 36.3 Å².